The lowest BCUT2D eigenvalue weighted by molar-refractivity contribution is 0.679. The first-order valence-electron chi connectivity index (χ1n) is 11.2. The van der Waals surface area contributed by atoms with Gasteiger partial charge in [-0.3, -0.25) is 4.98 Å². The van der Waals surface area contributed by atoms with Gasteiger partial charge in [0.15, 0.2) is 0 Å². The minimum atomic E-state index is 0.0679. The second-order valence-electron chi connectivity index (χ2n) is 8.37. The van der Waals surface area contributed by atoms with Crippen LogP contribution in [0.2, 0.25) is 0 Å². The van der Waals surface area contributed by atoms with Crippen LogP contribution in [0.15, 0.2) is 48.7 Å². The number of rotatable bonds is 5. The molecule has 3 heterocycles. The molecule has 0 fully saturated rings. The highest BCUT2D eigenvalue weighted by atomic mass is 15.2. The summed E-state index contributed by atoms with van der Waals surface area (Å²) in [5.74, 6) is 8.04. The van der Waals surface area contributed by atoms with Crippen molar-refractivity contribution in [2.24, 2.45) is 0 Å². The molecule has 0 spiro atoms. The SMILES string of the molecule is CNC(C)Nc1ccc(-c2c(C)nc(N(C)C)nc2C)c(C#Cc2ccc3ncccc3c2)n1. The van der Waals surface area contributed by atoms with E-state index >= 15 is 0 Å². The van der Waals surface area contributed by atoms with Crippen molar-refractivity contribution in [2.45, 2.75) is 26.9 Å². The summed E-state index contributed by atoms with van der Waals surface area (Å²) in [6, 6.07) is 14.0. The normalized spacial score (nSPS) is 11.6. The van der Waals surface area contributed by atoms with Crippen molar-refractivity contribution >= 4 is 22.7 Å². The minimum Gasteiger partial charge on any atom is -0.355 e. The molecule has 0 amide bonds. The monoisotopic (exact) mass is 451 g/mol. The van der Waals surface area contributed by atoms with Gasteiger partial charge in [-0.1, -0.05) is 12.0 Å². The Morgan fingerprint density at radius 1 is 0.941 bits per heavy atom. The van der Waals surface area contributed by atoms with Crippen molar-refractivity contribution in [3.05, 3.63) is 71.3 Å². The second kappa shape index (κ2) is 9.86. The lowest BCUT2D eigenvalue weighted by Crippen LogP contribution is -2.30. The Balaban J connectivity index is 1.83. The number of nitrogens with one attached hydrogen (secondary N) is 2. The van der Waals surface area contributed by atoms with Crippen LogP contribution in [0.25, 0.3) is 22.0 Å². The molecule has 2 N–H and O–H groups in total. The van der Waals surface area contributed by atoms with Crippen molar-refractivity contribution in [1.82, 2.24) is 25.3 Å². The summed E-state index contributed by atoms with van der Waals surface area (Å²) in [7, 11) is 5.78. The van der Waals surface area contributed by atoms with Crippen LogP contribution >= 0.6 is 0 Å². The van der Waals surface area contributed by atoms with Crippen LogP contribution in [0.3, 0.4) is 0 Å². The van der Waals surface area contributed by atoms with E-state index in [0.29, 0.717) is 11.6 Å². The smallest absolute Gasteiger partial charge is 0.225 e. The predicted octanol–water partition coefficient (Wildman–Crippen LogP) is 4.15. The Morgan fingerprint density at radius 2 is 1.71 bits per heavy atom. The van der Waals surface area contributed by atoms with Gasteiger partial charge in [-0.2, -0.15) is 0 Å². The van der Waals surface area contributed by atoms with Crippen LogP contribution in [-0.2, 0) is 0 Å². The quantitative estimate of drug-likeness (QED) is 0.349. The molecule has 0 aliphatic carbocycles. The Morgan fingerprint density at radius 3 is 2.41 bits per heavy atom. The van der Waals surface area contributed by atoms with E-state index in [9.17, 15) is 0 Å². The zero-order chi connectivity index (χ0) is 24.2. The largest absolute Gasteiger partial charge is 0.355 e. The summed E-state index contributed by atoms with van der Waals surface area (Å²) in [5, 5.41) is 7.58. The Kier molecular flexibility index (Phi) is 6.71. The van der Waals surface area contributed by atoms with Gasteiger partial charge in [-0.05, 0) is 70.1 Å². The average molecular weight is 452 g/mol. The Bertz CT molecular complexity index is 1380. The van der Waals surface area contributed by atoms with Crippen LogP contribution in [0.1, 0.15) is 29.6 Å². The molecule has 0 aliphatic rings. The average Bonchev–Trinajstić information content (AvgIpc) is 2.83. The Hall–Kier alpha value is -4.02. The third kappa shape index (κ3) is 4.98. The fraction of sp³-hybridized carbons (Fsp3) is 0.259. The minimum absolute atomic E-state index is 0.0679. The van der Waals surface area contributed by atoms with Crippen LogP contribution in [0, 0.1) is 25.7 Å². The lowest BCUT2D eigenvalue weighted by atomic mass is 10.0. The number of hydrogen-bond donors (Lipinski definition) is 2. The third-order valence-electron chi connectivity index (χ3n) is 5.55. The van der Waals surface area contributed by atoms with Gasteiger partial charge in [-0.25, -0.2) is 15.0 Å². The van der Waals surface area contributed by atoms with Crippen molar-refractivity contribution in [2.75, 3.05) is 31.4 Å². The maximum atomic E-state index is 4.85. The zero-order valence-corrected chi connectivity index (χ0v) is 20.4. The van der Waals surface area contributed by atoms with E-state index in [4.69, 9.17) is 15.0 Å². The highest BCUT2D eigenvalue weighted by molar-refractivity contribution is 5.80. The molecule has 7 heteroatoms. The summed E-state index contributed by atoms with van der Waals surface area (Å²) in [5.41, 5.74) is 6.18. The van der Waals surface area contributed by atoms with E-state index < -0.39 is 0 Å². The summed E-state index contributed by atoms with van der Waals surface area (Å²) >= 11 is 0. The molecule has 0 bridgehead atoms. The van der Waals surface area contributed by atoms with Gasteiger partial charge in [0.25, 0.3) is 0 Å². The standard InChI is InChI=1S/C27H29N7/c1-17-26(18(2)31-27(30-17)34(5)6)22-11-14-25(32-19(3)28-4)33-24(22)13-10-20-9-12-23-21(16-20)8-7-15-29-23/h7-9,11-12,14-16,19,28H,1-6H3,(H,32,33). The van der Waals surface area contributed by atoms with Gasteiger partial charge < -0.3 is 15.5 Å². The number of nitrogens with zero attached hydrogens (tertiary/aromatic N) is 5. The van der Waals surface area contributed by atoms with Gasteiger partial charge in [0.05, 0.1) is 23.1 Å². The molecule has 7 nitrogen and oxygen atoms in total. The number of aromatic nitrogens is 4. The maximum absolute atomic E-state index is 4.85. The van der Waals surface area contributed by atoms with E-state index in [1.807, 2.05) is 89.3 Å². The van der Waals surface area contributed by atoms with Crippen LogP contribution in [0.5, 0.6) is 0 Å². The molecule has 4 rings (SSSR count). The summed E-state index contributed by atoms with van der Waals surface area (Å²) in [6.07, 6.45) is 1.86. The molecule has 0 aliphatic heterocycles. The van der Waals surface area contributed by atoms with Gasteiger partial charge in [-0.15, -0.1) is 0 Å². The van der Waals surface area contributed by atoms with E-state index in [1.165, 1.54) is 0 Å². The van der Waals surface area contributed by atoms with Crippen molar-refractivity contribution in [3.63, 3.8) is 0 Å². The topological polar surface area (TPSA) is 78.9 Å². The Labute approximate surface area is 200 Å². The van der Waals surface area contributed by atoms with Crippen LogP contribution in [-0.4, -0.2) is 47.2 Å². The molecule has 1 unspecified atom stereocenters. The maximum Gasteiger partial charge on any atom is 0.225 e. The zero-order valence-electron chi connectivity index (χ0n) is 20.4. The highest BCUT2D eigenvalue weighted by Gasteiger charge is 2.16. The number of pyridine rings is 2. The van der Waals surface area contributed by atoms with Crippen molar-refractivity contribution < 1.29 is 0 Å². The second-order valence-corrected chi connectivity index (χ2v) is 8.37. The summed E-state index contributed by atoms with van der Waals surface area (Å²) in [6.45, 7) is 6.03. The van der Waals surface area contributed by atoms with Crippen LogP contribution in [0.4, 0.5) is 11.8 Å². The van der Waals surface area contributed by atoms with Gasteiger partial charge in [0.2, 0.25) is 5.95 Å². The first-order valence-corrected chi connectivity index (χ1v) is 11.2. The van der Waals surface area contributed by atoms with Gasteiger partial charge >= 0.3 is 0 Å². The number of hydrogen-bond acceptors (Lipinski definition) is 7. The van der Waals surface area contributed by atoms with Gasteiger partial charge in [0.1, 0.15) is 11.5 Å². The molecule has 34 heavy (non-hydrogen) atoms. The summed E-state index contributed by atoms with van der Waals surface area (Å²) < 4.78 is 0. The number of aryl methyl sites for hydroxylation is 2. The summed E-state index contributed by atoms with van der Waals surface area (Å²) in [4.78, 5) is 20.5. The van der Waals surface area contributed by atoms with Crippen molar-refractivity contribution in [1.29, 1.82) is 0 Å². The van der Waals surface area contributed by atoms with Crippen molar-refractivity contribution in [3.8, 4) is 23.0 Å². The highest BCUT2D eigenvalue weighted by Crippen LogP contribution is 2.30. The molecule has 1 aromatic carbocycles. The molecule has 4 aromatic rings. The number of anilines is 2. The molecule has 0 radical (unpaired) electrons. The first-order chi connectivity index (χ1) is 16.4. The molecule has 1 atom stereocenters. The molecule has 172 valence electrons. The van der Waals surface area contributed by atoms with E-state index in [1.54, 1.807) is 6.20 Å². The molecule has 0 saturated carbocycles. The van der Waals surface area contributed by atoms with Crippen LogP contribution < -0.4 is 15.5 Å². The number of benzene rings is 1. The molecule has 0 saturated heterocycles. The molecule has 3 aromatic heterocycles. The van der Waals surface area contributed by atoms with E-state index in [-0.39, 0.29) is 6.17 Å². The number of fused-ring (bicyclic) bond motifs is 1. The fourth-order valence-electron chi connectivity index (χ4n) is 3.70. The molecular weight excluding hydrogens is 422 g/mol. The predicted molar refractivity (Wildman–Crippen MR) is 139 cm³/mol. The van der Waals surface area contributed by atoms with E-state index in [0.717, 1.165) is 44.8 Å². The van der Waals surface area contributed by atoms with E-state index in [2.05, 4.69) is 27.5 Å². The molecular formula is C27H29N7. The first kappa shape index (κ1) is 23.1. The third-order valence-corrected chi connectivity index (χ3v) is 5.55. The lowest BCUT2D eigenvalue weighted by Gasteiger charge is -2.17. The van der Waals surface area contributed by atoms with Gasteiger partial charge in [0, 0.05) is 42.4 Å². The fourth-order valence-corrected chi connectivity index (χ4v) is 3.70.